The Labute approximate surface area is 211 Å². The molecule has 36 heavy (non-hydrogen) atoms. The number of nitrogens with zero attached hydrogens (tertiary/aromatic N) is 1. The summed E-state index contributed by atoms with van der Waals surface area (Å²) in [5, 5.41) is 8.59. The zero-order chi connectivity index (χ0) is 25.7. The summed E-state index contributed by atoms with van der Waals surface area (Å²) in [5.41, 5.74) is 1.76. The zero-order valence-electron chi connectivity index (χ0n) is 19.6. The van der Waals surface area contributed by atoms with Crippen molar-refractivity contribution in [2.45, 2.75) is 13.5 Å². The van der Waals surface area contributed by atoms with Crippen LogP contribution in [0, 0.1) is 6.92 Å². The number of aromatic carboxylic acids is 1. The third-order valence-corrected chi connectivity index (χ3v) is 6.11. The molecule has 3 aromatic rings. The van der Waals surface area contributed by atoms with E-state index in [1.807, 2.05) is 31.2 Å². The molecule has 2 aromatic carbocycles. The van der Waals surface area contributed by atoms with Crippen LogP contribution in [0.15, 0.2) is 63.9 Å². The smallest absolute Gasteiger partial charge is 0.371 e. The number of hydrogen-bond donors (Lipinski definition) is 1. The molecule has 4 rings (SSSR count). The molecule has 1 aliphatic rings. The van der Waals surface area contributed by atoms with Crippen molar-refractivity contribution in [1.82, 2.24) is 4.90 Å². The number of carboxylic acid groups (broad SMARTS) is 1. The lowest BCUT2D eigenvalue weighted by atomic mass is 10.2. The highest BCUT2D eigenvalue weighted by atomic mass is 32.2. The van der Waals surface area contributed by atoms with Crippen LogP contribution in [-0.2, 0) is 11.4 Å². The molecule has 9 nitrogen and oxygen atoms in total. The van der Waals surface area contributed by atoms with E-state index in [2.05, 4.69) is 0 Å². The number of hydrogen-bond acceptors (Lipinski definition) is 8. The first-order chi connectivity index (χ1) is 17.3. The van der Waals surface area contributed by atoms with Gasteiger partial charge in [-0.25, -0.2) is 4.79 Å². The van der Waals surface area contributed by atoms with Gasteiger partial charge in [-0.05, 0) is 66.7 Å². The van der Waals surface area contributed by atoms with Crippen molar-refractivity contribution < 1.29 is 38.1 Å². The lowest BCUT2D eigenvalue weighted by Gasteiger charge is -2.13. The molecule has 1 aliphatic heterocycles. The van der Waals surface area contributed by atoms with Gasteiger partial charge in [-0.2, -0.15) is 0 Å². The summed E-state index contributed by atoms with van der Waals surface area (Å²) in [6, 6.07) is 15.5. The first-order valence-electron chi connectivity index (χ1n) is 10.9. The van der Waals surface area contributed by atoms with Crippen molar-refractivity contribution in [2.24, 2.45) is 0 Å². The minimum Gasteiger partial charge on any atom is -0.493 e. The first-order valence-corrected chi connectivity index (χ1v) is 11.7. The van der Waals surface area contributed by atoms with Crippen LogP contribution in [0.5, 0.6) is 17.2 Å². The lowest BCUT2D eigenvalue weighted by molar-refractivity contribution is -0.123. The third-order valence-electron chi connectivity index (χ3n) is 5.21. The Morgan fingerprint density at radius 2 is 1.83 bits per heavy atom. The van der Waals surface area contributed by atoms with Crippen molar-refractivity contribution in [3.8, 4) is 17.2 Å². The highest BCUT2D eigenvalue weighted by Crippen LogP contribution is 2.34. The van der Waals surface area contributed by atoms with Gasteiger partial charge in [0.25, 0.3) is 11.1 Å². The summed E-state index contributed by atoms with van der Waals surface area (Å²) in [5.74, 6) is 0.107. The molecule has 0 saturated carbocycles. The number of benzene rings is 2. The van der Waals surface area contributed by atoms with E-state index in [-0.39, 0.29) is 36.7 Å². The summed E-state index contributed by atoms with van der Waals surface area (Å²) in [4.78, 5) is 37.6. The molecule has 1 aromatic heterocycles. The molecule has 1 saturated heterocycles. The summed E-state index contributed by atoms with van der Waals surface area (Å²) in [6.45, 7) is 2.32. The predicted molar refractivity (Wildman–Crippen MR) is 132 cm³/mol. The molecule has 0 radical (unpaired) electrons. The maximum absolute atomic E-state index is 12.8. The van der Waals surface area contributed by atoms with Gasteiger partial charge in [0, 0.05) is 0 Å². The number of imide groups is 1. The van der Waals surface area contributed by atoms with E-state index < -0.39 is 5.97 Å². The van der Waals surface area contributed by atoms with Crippen LogP contribution in [0.3, 0.4) is 0 Å². The predicted octanol–water partition coefficient (Wildman–Crippen LogP) is 4.99. The van der Waals surface area contributed by atoms with Gasteiger partial charge in [0.05, 0.1) is 18.6 Å². The van der Waals surface area contributed by atoms with Crippen LogP contribution in [-0.4, -0.2) is 47.4 Å². The van der Waals surface area contributed by atoms with Gasteiger partial charge in [-0.3, -0.25) is 14.5 Å². The van der Waals surface area contributed by atoms with Crippen LogP contribution in [0.2, 0.25) is 0 Å². The summed E-state index contributed by atoms with van der Waals surface area (Å²) in [6.07, 6.45) is 1.61. The minimum absolute atomic E-state index is 0.00648. The number of thioether (sulfide) groups is 1. The summed E-state index contributed by atoms with van der Waals surface area (Å²) in [7, 11) is 1.48. The molecule has 0 spiro atoms. The molecule has 0 aliphatic carbocycles. The molecule has 0 bridgehead atoms. The number of aryl methyl sites for hydroxylation is 1. The number of amides is 2. The Morgan fingerprint density at radius 1 is 1.06 bits per heavy atom. The second-order valence-corrected chi connectivity index (χ2v) is 8.76. The van der Waals surface area contributed by atoms with Crippen LogP contribution in [0.4, 0.5) is 4.79 Å². The summed E-state index contributed by atoms with van der Waals surface area (Å²) >= 11 is 0.865. The number of carbonyl (C=O) groups is 3. The van der Waals surface area contributed by atoms with E-state index in [9.17, 15) is 14.4 Å². The zero-order valence-corrected chi connectivity index (χ0v) is 20.4. The highest BCUT2D eigenvalue weighted by molar-refractivity contribution is 8.18. The molecule has 0 unspecified atom stereocenters. The van der Waals surface area contributed by atoms with Gasteiger partial charge < -0.3 is 23.7 Å². The van der Waals surface area contributed by atoms with Crippen molar-refractivity contribution >= 4 is 35.0 Å². The second-order valence-electron chi connectivity index (χ2n) is 7.76. The Kier molecular flexibility index (Phi) is 7.65. The van der Waals surface area contributed by atoms with E-state index in [4.69, 9.17) is 23.7 Å². The maximum atomic E-state index is 12.8. The largest absolute Gasteiger partial charge is 0.493 e. The van der Waals surface area contributed by atoms with Crippen LogP contribution < -0.4 is 14.2 Å². The normalized spacial score (nSPS) is 14.4. The fourth-order valence-electron chi connectivity index (χ4n) is 3.35. The Hall–Kier alpha value is -4.18. The molecule has 1 N–H and O–H groups in total. The molecule has 1 fully saturated rings. The van der Waals surface area contributed by atoms with Crippen molar-refractivity contribution in [1.29, 1.82) is 0 Å². The molecule has 186 valence electrons. The van der Waals surface area contributed by atoms with Crippen LogP contribution >= 0.6 is 11.8 Å². The van der Waals surface area contributed by atoms with E-state index in [1.54, 1.807) is 24.3 Å². The van der Waals surface area contributed by atoms with Gasteiger partial charge in [0.15, 0.2) is 11.5 Å². The van der Waals surface area contributed by atoms with E-state index in [0.717, 1.165) is 22.2 Å². The highest BCUT2D eigenvalue weighted by Gasteiger charge is 2.34. The van der Waals surface area contributed by atoms with E-state index >= 15 is 0 Å². The SMILES string of the molecule is COc1cc(/C=C2\SC(=O)N(CCOc3ccc(C)cc3)C2=O)ccc1OCc1ccc(C(=O)O)o1. The first kappa shape index (κ1) is 24.9. The van der Waals surface area contributed by atoms with Crippen molar-refractivity contribution in [3.63, 3.8) is 0 Å². The maximum Gasteiger partial charge on any atom is 0.371 e. The lowest BCUT2D eigenvalue weighted by Crippen LogP contribution is -2.32. The standard InChI is InChI=1S/C26H23NO8S/c1-16-3-6-18(7-4-16)33-12-11-27-24(28)23(36-26(27)31)14-17-5-9-20(22(13-17)32-2)34-15-19-8-10-21(35-19)25(29)30/h3-10,13-14H,11-12,15H2,1-2H3,(H,29,30)/b23-14-. The van der Waals surface area contributed by atoms with Gasteiger partial charge in [0.1, 0.15) is 24.7 Å². The van der Waals surface area contributed by atoms with Crippen molar-refractivity contribution in [2.75, 3.05) is 20.3 Å². The third kappa shape index (κ3) is 5.89. The van der Waals surface area contributed by atoms with Crippen LogP contribution in [0.25, 0.3) is 6.08 Å². The van der Waals surface area contributed by atoms with Gasteiger partial charge in [0.2, 0.25) is 5.76 Å². The number of carboxylic acids is 1. The monoisotopic (exact) mass is 509 g/mol. The molecular formula is C26H23NO8S. The van der Waals surface area contributed by atoms with Crippen LogP contribution in [0.1, 0.15) is 27.4 Å². The molecule has 10 heteroatoms. The number of methoxy groups -OCH3 is 1. The Bertz CT molecular complexity index is 1310. The molecule has 2 heterocycles. The number of furan rings is 1. The van der Waals surface area contributed by atoms with E-state index in [1.165, 1.54) is 19.2 Å². The Morgan fingerprint density at radius 3 is 2.53 bits per heavy atom. The molecule has 2 amide bonds. The Balaban J connectivity index is 1.38. The number of carbonyl (C=O) groups excluding carboxylic acids is 2. The average Bonchev–Trinajstić information content (AvgIpc) is 3.45. The second kappa shape index (κ2) is 11.0. The fourth-order valence-corrected chi connectivity index (χ4v) is 4.21. The molecule has 0 atom stereocenters. The number of ether oxygens (including phenoxy) is 3. The van der Waals surface area contributed by atoms with E-state index in [0.29, 0.717) is 33.5 Å². The molecular weight excluding hydrogens is 486 g/mol. The van der Waals surface area contributed by atoms with Gasteiger partial charge in [-0.1, -0.05) is 23.8 Å². The number of rotatable bonds is 10. The fraction of sp³-hybridized carbons (Fsp3) is 0.192. The van der Waals surface area contributed by atoms with Crippen molar-refractivity contribution in [3.05, 3.63) is 82.1 Å². The summed E-state index contributed by atoms with van der Waals surface area (Å²) < 4.78 is 21.9. The van der Waals surface area contributed by atoms with Gasteiger partial charge >= 0.3 is 5.97 Å². The average molecular weight is 510 g/mol. The van der Waals surface area contributed by atoms with Gasteiger partial charge in [-0.15, -0.1) is 0 Å². The quantitative estimate of drug-likeness (QED) is 0.377. The topological polar surface area (TPSA) is 116 Å². The minimum atomic E-state index is -1.16.